The maximum Gasteiger partial charge on any atom is 0.227 e. The molecule has 0 aliphatic carbocycles. The van der Waals surface area contributed by atoms with Crippen LogP contribution >= 0.6 is 0 Å². The van der Waals surface area contributed by atoms with E-state index in [4.69, 9.17) is 28.8 Å². The molecule has 244 valence electrons. The summed E-state index contributed by atoms with van der Waals surface area (Å²) in [6.45, 7) is 0. The molecule has 0 atom stereocenters. The minimum absolute atomic E-state index is 0.530. The Labute approximate surface area is 298 Å². The molecule has 10 rings (SSSR count). The molecule has 6 nitrogen and oxygen atoms in total. The Morgan fingerprint density at radius 3 is 1.44 bits per heavy atom. The first-order valence-corrected chi connectivity index (χ1v) is 17.1. The van der Waals surface area contributed by atoms with Gasteiger partial charge in [-0.1, -0.05) is 140 Å². The van der Waals surface area contributed by atoms with E-state index in [0.29, 0.717) is 28.9 Å². The van der Waals surface area contributed by atoms with Gasteiger partial charge >= 0.3 is 0 Å². The van der Waals surface area contributed by atoms with Crippen molar-refractivity contribution in [2.24, 2.45) is 0 Å². The Bertz CT molecular complexity index is 2840. The van der Waals surface area contributed by atoms with Crippen LogP contribution in [0.4, 0.5) is 0 Å². The lowest BCUT2D eigenvalue weighted by molar-refractivity contribution is 0.620. The van der Waals surface area contributed by atoms with Crippen LogP contribution in [0.15, 0.2) is 179 Å². The summed E-state index contributed by atoms with van der Waals surface area (Å²) >= 11 is 0. The van der Waals surface area contributed by atoms with Crippen molar-refractivity contribution < 1.29 is 8.83 Å². The molecule has 0 fully saturated rings. The van der Waals surface area contributed by atoms with Gasteiger partial charge in [0.1, 0.15) is 16.7 Å². The van der Waals surface area contributed by atoms with Gasteiger partial charge < -0.3 is 8.83 Å². The van der Waals surface area contributed by atoms with Crippen LogP contribution in [0.25, 0.3) is 101 Å². The van der Waals surface area contributed by atoms with Crippen molar-refractivity contribution in [2.45, 2.75) is 0 Å². The second-order valence-electron chi connectivity index (χ2n) is 12.7. The van der Waals surface area contributed by atoms with Crippen LogP contribution in [-0.4, -0.2) is 19.9 Å². The third-order valence-corrected chi connectivity index (χ3v) is 9.38. The Morgan fingerprint density at radius 1 is 0.327 bits per heavy atom. The fraction of sp³-hybridized carbons (Fsp3) is 0. The van der Waals surface area contributed by atoms with E-state index in [0.717, 1.165) is 72.0 Å². The average Bonchev–Trinajstić information content (AvgIpc) is 3.83. The highest BCUT2D eigenvalue weighted by atomic mass is 16.3. The number of fused-ring (bicyclic) bond motifs is 4. The van der Waals surface area contributed by atoms with E-state index in [1.165, 1.54) is 0 Å². The molecule has 52 heavy (non-hydrogen) atoms. The van der Waals surface area contributed by atoms with E-state index in [9.17, 15) is 0 Å². The van der Waals surface area contributed by atoms with Gasteiger partial charge in [-0.15, -0.1) is 0 Å². The van der Waals surface area contributed by atoms with Gasteiger partial charge in [0.05, 0.1) is 0 Å². The van der Waals surface area contributed by atoms with E-state index < -0.39 is 0 Å². The van der Waals surface area contributed by atoms with Crippen molar-refractivity contribution in [3.8, 4) is 67.9 Å². The molecule has 10 aromatic rings. The standard InChI is InChI=1S/C46H28N4O2/c1-4-13-29(14-5-1)35-21-11-23-37-38-24-12-22-36(42(38)52-41(35)37)32-19-10-20-34(27-32)46-47-39-26-25-33(28-40(39)51-46)45-49-43(30-15-6-2-7-16-30)48-44(50-45)31-17-8-3-9-18-31/h1-28H. The Kier molecular flexibility index (Phi) is 7.03. The summed E-state index contributed by atoms with van der Waals surface area (Å²) in [7, 11) is 0. The van der Waals surface area contributed by atoms with Crippen molar-refractivity contribution in [3.63, 3.8) is 0 Å². The summed E-state index contributed by atoms with van der Waals surface area (Å²) < 4.78 is 13.1. The number of oxazole rings is 1. The second kappa shape index (κ2) is 12.3. The molecule has 0 saturated carbocycles. The maximum atomic E-state index is 6.69. The van der Waals surface area contributed by atoms with Crippen molar-refractivity contribution in [1.29, 1.82) is 0 Å². The van der Waals surface area contributed by atoms with E-state index in [1.54, 1.807) is 0 Å². The molecule has 7 aromatic carbocycles. The topological polar surface area (TPSA) is 77.8 Å². The number of nitrogens with zero attached hydrogens (tertiary/aromatic N) is 4. The summed E-state index contributed by atoms with van der Waals surface area (Å²) in [5.74, 6) is 2.30. The number of benzene rings is 7. The number of rotatable bonds is 6. The lowest BCUT2D eigenvalue weighted by Gasteiger charge is -2.08. The first-order chi connectivity index (χ1) is 25.7. The fourth-order valence-corrected chi connectivity index (χ4v) is 6.84. The highest BCUT2D eigenvalue weighted by Crippen LogP contribution is 2.40. The second-order valence-corrected chi connectivity index (χ2v) is 12.7. The van der Waals surface area contributed by atoms with Crippen molar-refractivity contribution in [3.05, 3.63) is 170 Å². The average molecular weight is 669 g/mol. The monoisotopic (exact) mass is 668 g/mol. The van der Waals surface area contributed by atoms with Crippen molar-refractivity contribution in [1.82, 2.24) is 19.9 Å². The number of hydrogen-bond acceptors (Lipinski definition) is 6. The van der Waals surface area contributed by atoms with Crippen LogP contribution < -0.4 is 0 Å². The number of para-hydroxylation sites is 2. The van der Waals surface area contributed by atoms with Gasteiger partial charge in [-0.05, 0) is 41.5 Å². The van der Waals surface area contributed by atoms with Gasteiger partial charge in [0.25, 0.3) is 0 Å². The maximum absolute atomic E-state index is 6.69. The molecule has 3 heterocycles. The minimum Gasteiger partial charge on any atom is -0.455 e. The van der Waals surface area contributed by atoms with Gasteiger partial charge in [0.2, 0.25) is 5.89 Å². The predicted octanol–water partition coefficient (Wildman–Crippen LogP) is 11.9. The quantitative estimate of drug-likeness (QED) is 0.175. The molecule has 0 aliphatic rings. The molecule has 0 saturated heterocycles. The molecule has 0 radical (unpaired) electrons. The molecule has 0 unspecified atom stereocenters. The fourth-order valence-electron chi connectivity index (χ4n) is 6.84. The van der Waals surface area contributed by atoms with Crippen molar-refractivity contribution >= 4 is 33.0 Å². The van der Waals surface area contributed by atoms with Gasteiger partial charge in [0.15, 0.2) is 23.1 Å². The zero-order chi connectivity index (χ0) is 34.4. The Morgan fingerprint density at radius 2 is 0.827 bits per heavy atom. The molecule has 6 heteroatoms. The van der Waals surface area contributed by atoms with Crippen LogP contribution in [0.5, 0.6) is 0 Å². The normalized spacial score (nSPS) is 11.5. The SMILES string of the molecule is c1ccc(-c2nc(-c3ccccc3)nc(-c3ccc4nc(-c5cccc(-c6cccc7c6oc6c(-c8ccccc8)cccc67)c5)oc4c3)n2)cc1. The van der Waals surface area contributed by atoms with E-state index >= 15 is 0 Å². The molecule has 0 amide bonds. The van der Waals surface area contributed by atoms with Gasteiger partial charge in [-0.3, -0.25) is 0 Å². The summed E-state index contributed by atoms with van der Waals surface area (Å²) in [6, 6.07) is 57.1. The first-order valence-electron chi connectivity index (χ1n) is 17.1. The molecule has 0 N–H and O–H groups in total. The number of aromatic nitrogens is 4. The highest BCUT2D eigenvalue weighted by molar-refractivity contribution is 6.13. The minimum atomic E-state index is 0.530. The Balaban J connectivity index is 1.04. The van der Waals surface area contributed by atoms with Crippen LogP contribution in [0, 0.1) is 0 Å². The lowest BCUT2D eigenvalue weighted by Crippen LogP contribution is -2.00. The van der Waals surface area contributed by atoms with Crippen LogP contribution in [0.3, 0.4) is 0 Å². The summed E-state index contributed by atoms with van der Waals surface area (Å²) in [4.78, 5) is 19.5. The lowest BCUT2D eigenvalue weighted by atomic mass is 9.99. The molecule has 0 aliphatic heterocycles. The van der Waals surface area contributed by atoms with E-state index in [-0.39, 0.29) is 0 Å². The first kappa shape index (κ1) is 29.7. The summed E-state index contributed by atoms with van der Waals surface area (Å²) in [6.07, 6.45) is 0. The van der Waals surface area contributed by atoms with Gasteiger partial charge in [-0.25, -0.2) is 19.9 Å². The molecular weight excluding hydrogens is 641 g/mol. The van der Waals surface area contributed by atoms with E-state index in [1.807, 2.05) is 97.1 Å². The third-order valence-electron chi connectivity index (χ3n) is 9.38. The van der Waals surface area contributed by atoms with Gasteiger partial charge in [0, 0.05) is 44.2 Å². The zero-order valence-electron chi connectivity index (χ0n) is 27.8. The molecular formula is C46H28N4O2. The smallest absolute Gasteiger partial charge is 0.227 e. The molecule has 3 aromatic heterocycles. The van der Waals surface area contributed by atoms with Crippen LogP contribution in [0.2, 0.25) is 0 Å². The summed E-state index contributed by atoms with van der Waals surface area (Å²) in [5.41, 5.74) is 10.9. The van der Waals surface area contributed by atoms with Crippen LogP contribution in [-0.2, 0) is 0 Å². The zero-order valence-corrected chi connectivity index (χ0v) is 27.8. The highest BCUT2D eigenvalue weighted by Gasteiger charge is 2.18. The van der Waals surface area contributed by atoms with Gasteiger partial charge in [-0.2, -0.15) is 0 Å². The number of furan rings is 1. The molecule has 0 bridgehead atoms. The van der Waals surface area contributed by atoms with Crippen molar-refractivity contribution in [2.75, 3.05) is 0 Å². The largest absolute Gasteiger partial charge is 0.455 e. The molecule has 0 spiro atoms. The Hall–Kier alpha value is -7.18. The van der Waals surface area contributed by atoms with Crippen LogP contribution in [0.1, 0.15) is 0 Å². The predicted molar refractivity (Wildman–Crippen MR) is 207 cm³/mol. The number of hydrogen-bond donors (Lipinski definition) is 0. The van der Waals surface area contributed by atoms with E-state index in [2.05, 4.69) is 72.8 Å². The third kappa shape index (κ3) is 5.22. The summed E-state index contributed by atoms with van der Waals surface area (Å²) in [5, 5.41) is 2.17.